The molecule has 0 saturated heterocycles. The Morgan fingerprint density at radius 3 is 2.12 bits per heavy atom. The van der Waals surface area contributed by atoms with Gasteiger partial charge in [-0.15, -0.1) is 0 Å². The summed E-state index contributed by atoms with van der Waals surface area (Å²) in [6, 6.07) is 0.764. The van der Waals surface area contributed by atoms with Crippen molar-refractivity contribution in [1.29, 1.82) is 0 Å². The zero-order valence-electron chi connectivity index (χ0n) is 12.6. The van der Waals surface area contributed by atoms with E-state index < -0.39 is 0 Å². The Morgan fingerprint density at radius 2 is 1.65 bits per heavy atom. The minimum Gasteiger partial charge on any atom is -0.314 e. The van der Waals surface area contributed by atoms with Crippen molar-refractivity contribution < 1.29 is 0 Å². The summed E-state index contributed by atoms with van der Waals surface area (Å²) >= 11 is 0. The van der Waals surface area contributed by atoms with Crippen LogP contribution in [0.1, 0.15) is 66.7 Å². The second-order valence-electron chi connectivity index (χ2n) is 6.59. The molecule has 0 amide bonds. The first kappa shape index (κ1) is 15.0. The van der Waals surface area contributed by atoms with Crippen molar-refractivity contribution in [2.24, 2.45) is 23.7 Å². The molecule has 0 aromatic carbocycles. The summed E-state index contributed by atoms with van der Waals surface area (Å²) in [5.41, 5.74) is 0. The summed E-state index contributed by atoms with van der Waals surface area (Å²) in [7, 11) is 0. The number of hydrogen-bond acceptors (Lipinski definition) is 1. The largest absolute Gasteiger partial charge is 0.314 e. The fourth-order valence-electron chi connectivity index (χ4n) is 3.64. The lowest BCUT2D eigenvalue weighted by molar-refractivity contribution is 0.162. The van der Waals surface area contributed by atoms with Crippen molar-refractivity contribution in [2.45, 2.75) is 72.8 Å². The molecule has 1 heteroatoms. The zero-order valence-corrected chi connectivity index (χ0v) is 12.6. The van der Waals surface area contributed by atoms with Gasteiger partial charge in [0, 0.05) is 6.04 Å². The molecule has 102 valence electrons. The molecule has 1 fully saturated rings. The van der Waals surface area contributed by atoms with Crippen LogP contribution < -0.4 is 5.32 Å². The molecule has 4 atom stereocenters. The van der Waals surface area contributed by atoms with E-state index in [9.17, 15) is 0 Å². The first-order chi connectivity index (χ1) is 8.06. The predicted octanol–water partition coefficient (Wildman–Crippen LogP) is 4.47. The first-order valence-corrected chi connectivity index (χ1v) is 7.80. The van der Waals surface area contributed by atoms with Crippen molar-refractivity contribution in [3.05, 3.63) is 0 Å². The molecule has 0 spiro atoms. The van der Waals surface area contributed by atoms with Crippen LogP contribution in [0.3, 0.4) is 0 Å². The maximum Gasteiger partial charge on any atom is 0.00979 e. The van der Waals surface area contributed by atoms with Gasteiger partial charge in [-0.3, -0.25) is 0 Å². The van der Waals surface area contributed by atoms with Gasteiger partial charge in [0.15, 0.2) is 0 Å². The van der Waals surface area contributed by atoms with Gasteiger partial charge < -0.3 is 5.32 Å². The topological polar surface area (TPSA) is 12.0 Å². The highest BCUT2D eigenvalue weighted by atomic mass is 14.9. The highest BCUT2D eigenvalue weighted by Crippen LogP contribution is 2.36. The third-order valence-corrected chi connectivity index (χ3v) is 4.60. The normalized spacial score (nSPS) is 33.4. The maximum atomic E-state index is 3.76. The van der Waals surface area contributed by atoms with E-state index in [-0.39, 0.29) is 0 Å². The monoisotopic (exact) mass is 239 g/mol. The SMILES string of the molecule is CCNC(CC(C)CC)C1CC(C)CC(C)C1. The van der Waals surface area contributed by atoms with E-state index in [1.54, 1.807) is 0 Å². The van der Waals surface area contributed by atoms with E-state index in [4.69, 9.17) is 0 Å². The molecule has 0 aromatic rings. The van der Waals surface area contributed by atoms with Crippen LogP contribution in [0.5, 0.6) is 0 Å². The van der Waals surface area contributed by atoms with Gasteiger partial charge in [0.25, 0.3) is 0 Å². The van der Waals surface area contributed by atoms with Crippen molar-refractivity contribution in [3.63, 3.8) is 0 Å². The Balaban J connectivity index is 2.55. The van der Waals surface area contributed by atoms with E-state index in [1.807, 2.05) is 0 Å². The summed E-state index contributed by atoms with van der Waals surface area (Å²) in [5.74, 6) is 3.65. The van der Waals surface area contributed by atoms with E-state index >= 15 is 0 Å². The van der Waals surface area contributed by atoms with E-state index in [2.05, 4.69) is 39.9 Å². The second-order valence-corrected chi connectivity index (χ2v) is 6.59. The number of nitrogens with one attached hydrogen (secondary N) is 1. The lowest BCUT2D eigenvalue weighted by Gasteiger charge is -2.38. The van der Waals surface area contributed by atoms with Crippen LogP contribution in [0.2, 0.25) is 0 Å². The Morgan fingerprint density at radius 1 is 1.06 bits per heavy atom. The minimum absolute atomic E-state index is 0.764. The zero-order chi connectivity index (χ0) is 12.8. The van der Waals surface area contributed by atoms with Gasteiger partial charge in [0.1, 0.15) is 0 Å². The molecule has 1 aliphatic rings. The molecular weight excluding hydrogens is 206 g/mol. The summed E-state index contributed by atoms with van der Waals surface area (Å²) < 4.78 is 0. The molecule has 0 bridgehead atoms. The smallest absolute Gasteiger partial charge is 0.00979 e. The lowest BCUT2D eigenvalue weighted by Crippen LogP contribution is -2.40. The molecule has 1 saturated carbocycles. The van der Waals surface area contributed by atoms with Gasteiger partial charge in [-0.1, -0.05) is 41.0 Å². The van der Waals surface area contributed by atoms with Gasteiger partial charge >= 0.3 is 0 Å². The molecule has 1 aliphatic carbocycles. The summed E-state index contributed by atoms with van der Waals surface area (Å²) in [5, 5.41) is 3.76. The Labute approximate surface area is 109 Å². The van der Waals surface area contributed by atoms with Crippen LogP contribution in [-0.2, 0) is 0 Å². The second kappa shape index (κ2) is 7.41. The highest BCUT2D eigenvalue weighted by molar-refractivity contribution is 4.84. The summed E-state index contributed by atoms with van der Waals surface area (Å²) in [6.45, 7) is 13.0. The highest BCUT2D eigenvalue weighted by Gasteiger charge is 2.30. The van der Waals surface area contributed by atoms with Crippen molar-refractivity contribution in [1.82, 2.24) is 5.32 Å². The van der Waals surface area contributed by atoms with Gasteiger partial charge in [-0.05, 0) is 55.9 Å². The van der Waals surface area contributed by atoms with Crippen LogP contribution >= 0.6 is 0 Å². The molecular formula is C16H33N. The van der Waals surface area contributed by atoms with Crippen LogP contribution in [0, 0.1) is 23.7 Å². The molecule has 0 aliphatic heterocycles. The fraction of sp³-hybridized carbons (Fsp3) is 1.00. The Bertz CT molecular complexity index is 192. The summed E-state index contributed by atoms with van der Waals surface area (Å²) in [4.78, 5) is 0. The number of hydrogen-bond donors (Lipinski definition) is 1. The van der Waals surface area contributed by atoms with Crippen LogP contribution in [-0.4, -0.2) is 12.6 Å². The molecule has 1 N–H and O–H groups in total. The maximum absolute atomic E-state index is 3.76. The average molecular weight is 239 g/mol. The van der Waals surface area contributed by atoms with Crippen LogP contribution in [0.15, 0.2) is 0 Å². The van der Waals surface area contributed by atoms with Crippen molar-refractivity contribution >= 4 is 0 Å². The van der Waals surface area contributed by atoms with E-state index in [0.717, 1.165) is 36.3 Å². The molecule has 0 aromatic heterocycles. The molecule has 1 rings (SSSR count). The quantitative estimate of drug-likeness (QED) is 0.721. The minimum atomic E-state index is 0.764. The van der Waals surface area contributed by atoms with Gasteiger partial charge in [-0.25, -0.2) is 0 Å². The van der Waals surface area contributed by atoms with Crippen molar-refractivity contribution in [2.75, 3.05) is 6.54 Å². The molecule has 1 nitrogen and oxygen atoms in total. The number of rotatable bonds is 6. The molecule has 17 heavy (non-hydrogen) atoms. The standard InChI is InChI=1S/C16H33N/c1-6-12(3)11-16(17-7-2)15-9-13(4)8-14(5)10-15/h12-17H,6-11H2,1-5H3. The lowest BCUT2D eigenvalue weighted by atomic mass is 9.72. The molecule has 0 heterocycles. The third kappa shape index (κ3) is 4.99. The molecule has 4 unspecified atom stereocenters. The Kier molecular flexibility index (Phi) is 6.54. The fourth-order valence-corrected chi connectivity index (χ4v) is 3.64. The van der Waals surface area contributed by atoms with E-state index in [0.29, 0.717) is 0 Å². The van der Waals surface area contributed by atoms with Crippen LogP contribution in [0.4, 0.5) is 0 Å². The van der Waals surface area contributed by atoms with E-state index in [1.165, 1.54) is 32.1 Å². The predicted molar refractivity (Wildman–Crippen MR) is 77.2 cm³/mol. The molecule has 0 radical (unpaired) electrons. The van der Waals surface area contributed by atoms with Gasteiger partial charge in [0.2, 0.25) is 0 Å². The van der Waals surface area contributed by atoms with Gasteiger partial charge in [-0.2, -0.15) is 0 Å². The third-order valence-electron chi connectivity index (χ3n) is 4.60. The van der Waals surface area contributed by atoms with Crippen molar-refractivity contribution in [3.8, 4) is 0 Å². The van der Waals surface area contributed by atoms with Gasteiger partial charge in [0.05, 0.1) is 0 Å². The first-order valence-electron chi connectivity index (χ1n) is 7.80. The Hall–Kier alpha value is -0.0400. The van der Waals surface area contributed by atoms with Crippen LogP contribution in [0.25, 0.3) is 0 Å². The average Bonchev–Trinajstić information content (AvgIpc) is 2.27. The summed E-state index contributed by atoms with van der Waals surface area (Å²) in [6.07, 6.45) is 7.02.